The summed E-state index contributed by atoms with van der Waals surface area (Å²) in [7, 11) is 1.99. The average Bonchev–Trinajstić information content (AvgIpc) is 2.74. The Morgan fingerprint density at radius 1 is 1.31 bits per heavy atom. The highest BCUT2D eigenvalue weighted by Crippen LogP contribution is 2.20. The molecule has 0 bridgehead atoms. The molecule has 0 amide bonds. The molecule has 0 spiro atoms. The lowest BCUT2D eigenvalue weighted by molar-refractivity contribution is 0.858. The van der Waals surface area contributed by atoms with Crippen molar-refractivity contribution in [2.45, 2.75) is 6.42 Å². The van der Waals surface area contributed by atoms with E-state index in [1.807, 2.05) is 19.2 Å². The zero-order chi connectivity index (χ0) is 11.4. The van der Waals surface area contributed by atoms with Crippen molar-refractivity contribution in [3.05, 3.63) is 30.1 Å². The predicted octanol–water partition coefficient (Wildman–Crippen LogP) is 1.19. The van der Waals surface area contributed by atoms with Gasteiger partial charge in [0.05, 0.1) is 0 Å². The maximum absolute atomic E-state index is 5.53. The van der Waals surface area contributed by atoms with Gasteiger partial charge in [-0.2, -0.15) is 0 Å². The van der Waals surface area contributed by atoms with E-state index in [0.717, 1.165) is 18.1 Å². The summed E-state index contributed by atoms with van der Waals surface area (Å²) in [6.45, 7) is 0.888. The predicted molar refractivity (Wildman–Crippen MR) is 65.5 cm³/mol. The Bertz CT molecular complexity index is 441. The molecule has 2 N–H and O–H groups in total. The number of nitrogen functional groups attached to an aromatic ring is 1. The molecule has 6 heteroatoms. The van der Waals surface area contributed by atoms with Crippen molar-refractivity contribution in [1.29, 1.82) is 0 Å². The largest absolute Gasteiger partial charge is 0.374 e. The molecule has 0 aliphatic carbocycles. The van der Waals surface area contributed by atoms with Crippen LogP contribution in [0.3, 0.4) is 0 Å². The molecule has 0 unspecified atom stereocenters. The van der Waals surface area contributed by atoms with Crippen LogP contribution in [0.15, 0.2) is 24.5 Å². The van der Waals surface area contributed by atoms with Gasteiger partial charge in [-0.25, -0.2) is 0 Å². The molecule has 84 valence electrons. The van der Waals surface area contributed by atoms with Crippen LogP contribution in [0.25, 0.3) is 0 Å². The van der Waals surface area contributed by atoms with Crippen molar-refractivity contribution in [2.24, 2.45) is 0 Å². The first-order valence-corrected chi connectivity index (χ1v) is 5.76. The van der Waals surface area contributed by atoms with Gasteiger partial charge in [0.2, 0.25) is 10.3 Å². The number of pyridine rings is 1. The fourth-order valence-corrected chi connectivity index (χ4v) is 1.92. The van der Waals surface area contributed by atoms with E-state index in [-0.39, 0.29) is 0 Å². The summed E-state index contributed by atoms with van der Waals surface area (Å²) >= 11 is 1.40. The van der Waals surface area contributed by atoms with Gasteiger partial charge in [-0.05, 0) is 24.1 Å². The average molecular weight is 235 g/mol. The molecule has 5 nitrogen and oxygen atoms in total. The fraction of sp³-hybridized carbons (Fsp3) is 0.300. The summed E-state index contributed by atoms with van der Waals surface area (Å²) < 4.78 is 0. The van der Waals surface area contributed by atoms with E-state index in [9.17, 15) is 0 Å². The number of hydrogen-bond acceptors (Lipinski definition) is 6. The molecule has 0 radical (unpaired) electrons. The molecular weight excluding hydrogens is 222 g/mol. The molecule has 2 aromatic rings. The first kappa shape index (κ1) is 10.8. The molecule has 0 aromatic carbocycles. The number of likely N-dealkylation sites (N-methyl/N-ethyl adjacent to an activating group) is 1. The molecular formula is C10H13N5S. The van der Waals surface area contributed by atoms with Crippen molar-refractivity contribution >= 4 is 21.6 Å². The highest BCUT2D eigenvalue weighted by Gasteiger charge is 2.06. The van der Waals surface area contributed by atoms with Gasteiger partial charge in [0.15, 0.2) is 0 Å². The minimum absolute atomic E-state index is 0.505. The SMILES string of the molecule is CN(CCc1ccncc1)c1nnc(N)s1. The van der Waals surface area contributed by atoms with Gasteiger partial charge < -0.3 is 10.6 Å². The molecule has 0 saturated carbocycles. The Morgan fingerprint density at radius 2 is 2.06 bits per heavy atom. The second-order valence-electron chi connectivity index (χ2n) is 3.45. The fourth-order valence-electron chi connectivity index (χ4n) is 1.32. The summed E-state index contributed by atoms with van der Waals surface area (Å²) in [6, 6.07) is 4.03. The van der Waals surface area contributed by atoms with Crippen molar-refractivity contribution < 1.29 is 0 Å². The monoisotopic (exact) mass is 235 g/mol. The van der Waals surface area contributed by atoms with Crippen LogP contribution in [0.4, 0.5) is 10.3 Å². The van der Waals surface area contributed by atoms with Gasteiger partial charge in [0.1, 0.15) is 0 Å². The summed E-state index contributed by atoms with van der Waals surface area (Å²) in [5, 5.41) is 9.13. The Balaban J connectivity index is 1.91. The lowest BCUT2D eigenvalue weighted by Crippen LogP contribution is -2.20. The van der Waals surface area contributed by atoms with E-state index in [2.05, 4.69) is 20.1 Å². The van der Waals surface area contributed by atoms with E-state index < -0.39 is 0 Å². The summed E-state index contributed by atoms with van der Waals surface area (Å²) in [4.78, 5) is 6.03. The van der Waals surface area contributed by atoms with Crippen molar-refractivity contribution in [1.82, 2.24) is 15.2 Å². The van der Waals surface area contributed by atoms with Crippen LogP contribution in [0, 0.1) is 0 Å². The molecule has 2 heterocycles. The lowest BCUT2D eigenvalue weighted by atomic mass is 10.2. The summed E-state index contributed by atoms with van der Waals surface area (Å²) in [5.74, 6) is 0. The van der Waals surface area contributed by atoms with Gasteiger partial charge in [-0.15, -0.1) is 10.2 Å². The molecule has 16 heavy (non-hydrogen) atoms. The second-order valence-corrected chi connectivity index (χ2v) is 4.44. The minimum Gasteiger partial charge on any atom is -0.374 e. The van der Waals surface area contributed by atoms with Crippen LogP contribution in [0.2, 0.25) is 0 Å². The van der Waals surface area contributed by atoms with Gasteiger partial charge in [-0.3, -0.25) is 4.98 Å². The molecule has 0 aliphatic rings. The van der Waals surface area contributed by atoms with Crippen molar-refractivity contribution in [2.75, 3.05) is 24.2 Å². The topological polar surface area (TPSA) is 67.9 Å². The van der Waals surface area contributed by atoms with E-state index in [1.54, 1.807) is 12.4 Å². The van der Waals surface area contributed by atoms with Crippen LogP contribution in [0.5, 0.6) is 0 Å². The smallest absolute Gasteiger partial charge is 0.209 e. The quantitative estimate of drug-likeness (QED) is 0.862. The molecule has 2 rings (SSSR count). The molecule has 0 aliphatic heterocycles. The zero-order valence-electron chi connectivity index (χ0n) is 9.00. The van der Waals surface area contributed by atoms with Crippen LogP contribution in [0.1, 0.15) is 5.56 Å². The number of aromatic nitrogens is 3. The van der Waals surface area contributed by atoms with Crippen LogP contribution in [-0.4, -0.2) is 28.8 Å². The Labute approximate surface area is 98.0 Å². The van der Waals surface area contributed by atoms with E-state index in [1.165, 1.54) is 16.9 Å². The van der Waals surface area contributed by atoms with Gasteiger partial charge in [0, 0.05) is 26.0 Å². The Morgan fingerprint density at radius 3 is 2.69 bits per heavy atom. The Hall–Kier alpha value is -1.69. The van der Waals surface area contributed by atoms with Crippen LogP contribution < -0.4 is 10.6 Å². The normalized spacial score (nSPS) is 10.3. The third-order valence-corrected chi connectivity index (χ3v) is 3.11. The lowest BCUT2D eigenvalue weighted by Gasteiger charge is -2.14. The molecule has 0 atom stereocenters. The van der Waals surface area contributed by atoms with Crippen molar-refractivity contribution in [3.8, 4) is 0 Å². The molecule has 2 aromatic heterocycles. The Kier molecular flexibility index (Phi) is 3.31. The van der Waals surface area contributed by atoms with Gasteiger partial charge in [0.25, 0.3) is 0 Å². The third-order valence-electron chi connectivity index (χ3n) is 2.24. The second kappa shape index (κ2) is 4.89. The standard InChI is InChI=1S/C10H13N5S/c1-15(10-14-13-9(11)16-10)7-4-8-2-5-12-6-3-8/h2-3,5-6H,4,7H2,1H3,(H2,11,13). The summed E-state index contributed by atoms with van der Waals surface area (Å²) in [5.41, 5.74) is 6.80. The molecule has 0 fully saturated rings. The molecule has 0 saturated heterocycles. The summed E-state index contributed by atoms with van der Waals surface area (Å²) in [6.07, 6.45) is 4.56. The van der Waals surface area contributed by atoms with E-state index in [0.29, 0.717) is 5.13 Å². The van der Waals surface area contributed by atoms with E-state index in [4.69, 9.17) is 5.73 Å². The van der Waals surface area contributed by atoms with Crippen LogP contribution in [-0.2, 0) is 6.42 Å². The number of anilines is 2. The number of nitrogens with zero attached hydrogens (tertiary/aromatic N) is 4. The number of rotatable bonds is 4. The highest BCUT2D eigenvalue weighted by molar-refractivity contribution is 7.18. The highest BCUT2D eigenvalue weighted by atomic mass is 32.1. The zero-order valence-corrected chi connectivity index (χ0v) is 9.81. The minimum atomic E-state index is 0.505. The maximum atomic E-state index is 5.53. The maximum Gasteiger partial charge on any atom is 0.209 e. The van der Waals surface area contributed by atoms with Gasteiger partial charge in [-0.1, -0.05) is 11.3 Å². The third kappa shape index (κ3) is 2.66. The van der Waals surface area contributed by atoms with E-state index >= 15 is 0 Å². The number of hydrogen-bond donors (Lipinski definition) is 1. The van der Waals surface area contributed by atoms with Gasteiger partial charge >= 0.3 is 0 Å². The van der Waals surface area contributed by atoms with Crippen molar-refractivity contribution in [3.63, 3.8) is 0 Å². The first-order valence-electron chi connectivity index (χ1n) is 4.95. The number of nitrogens with two attached hydrogens (primary N) is 1. The first-order chi connectivity index (χ1) is 7.75. The van der Waals surface area contributed by atoms with Crippen LogP contribution >= 0.6 is 11.3 Å².